The quantitative estimate of drug-likeness (QED) is 0.668. The minimum atomic E-state index is -1.42. The van der Waals surface area contributed by atoms with Crippen LogP contribution in [-0.4, -0.2) is 17.2 Å². The van der Waals surface area contributed by atoms with Gasteiger partial charge < -0.3 is 10.0 Å². The fraction of sp³-hybridized carbons (Fsp3) is 0.111. The van der Waals surface area contributed by atoms with Gasteiger partial charge in [0, 0.05) is 0 Å². The van der Waals surface area contributed by atoms with E-state index in [-0.39, 0.29) is 0 Å². The predicted octanol–water partition coefficient (Wildman–Crippen LogP) is 2.29. The van der Waals surface area contributed by atoms with E-state index >= 15 is 0 Å². The highest BCUT2D eigenvalue weighted by atomic mass is 16.4. The second kappa shape index (κ2) is 4.73. The molecule has 21 heavy (non-hydrogen) atoms. The molecule has 0 atom stereocenters. The zero-order chi connectivity index (χ0) is 14.4. The van der Waals surface area contributed by atoms with E-state index < -0.39 is 7.12 Å². The molecule has 0 saturated heterocycles. The third-order valence-corrected chi connectivity index (χ3v) is 4.40. The van der Waals surface area contributed by atoms with Gasteiger partial charge in [0.05, 0.1) is 0 Å². The first-order valence-corrected chi connectivity index (χ1v) is 7.24. The lowest BCUT2D eigenvalue weighted by atomic mass is 9.70. The Morgan fingerprint density at radius 1 is 0.857 bits per heavy atom. The third kappa shape index (κ3) is 1.89. The van der Waals surface area contributed by atoms with Gasteiger partial charge in [-0.15, -0.1) is 0 Å². The van der Waals surface area contributed by atoms with Crippen LogP contribution in [0.15, 0.2) is 54.6 Å². The van der Waals surface area contributed by atoms with Crippen molar-refractivity contribution >= 4 is 23.4 Å². The number of fused-ring (bicyclic) bond motifs is 5. The molecule has 2 N–H and O–H groups in total. The Hall–Kier alpha value is -2.10. The van der Waals surface area contributed by atoms with Crippen LogP contribution in [0.25, 0.3) is 21.9 Å². The van der Waals surface area contributed by atoms with Crippen LogP contribution >= 0.6 is 0 Å². The molecule has 0 aliphatic heterocycles. The maximum Gasteiger partial charge on any atom is 0.488 e. The first-order valence-electron chi connectivity index (χ1n) is 7.24. The van der Waals surface area contributed by atoms with Gasteiger partial charge in [-0.3, -0.25) is 0 Å². The van der Waals surface area contributed by atoms with E-state index in [1.165, 1.54) is 16.5 Å². The van der Waals surface area contributed by atoms with Crippen LogP contribution in [0.4, 0.5) is 0 Å². The van der Waals surface area contributed by atoms with Gasteiger partial charge in [-0.2, -0.15) is 0 Å². The summed E-state index contributed by atoms with van der Waals surface area (Å²) in [6.45, 7) is 0. The molecule has 0 aromatic heterocycles. The van der Waals surface area contributed by atoms with Gasteiger partial charge >= 0.3 is 7.12 Å². The van der Waals surface area contributed by atoms with Crippen molar-refractivity contribution in [1.82, 2.24) is 0 Å². The van der Waals surface area contributed by atoms with Crippen LogP contribution in [0.3, 0.4) is 0 Å². The highest BCUT2D eigenvalue weighted by Crippen LogP contribution is 2.37. The fourth-order valence-corrected chi connectivity index (χ4v) is 3.46. The molecule has 1 aliphatic rings. The Labute approximate surface area is 123 Å². The summed E-state index contributed by atoms with van der Waals surface area (Å²) < 4.78 is 0. The summed E-state index contributed by atoms with van der Waals surface area (Å²) in [6.07, 6.45) is 1.80. The zero-order valence-corrected chi connectivity index (χ0v) is 11.6. The van der Waals surface area contributed by atoms with E-state index in [9.17, 15) is 10.0 Å². The summed E-state index contributed by atoms with van der Waals surface area (Å²) in [5, 5.41) is 21.7. The molecule has 0 bridgehead atoms. The second-order valence-corrected chi connectivity index (χ2v) is 5.57. The Balaban J connectivity index is 2.16. The van der Waals surface area contributed by atoms with Crippen molar-refractivity contribution in [2.24, 2.45) is 0 Å². The maximum absolute atomic E-state index is 9.74. The van der Waals surface area contributed by atoms with Crippen molar-refractivity contribution in [3.63, 3.8) is 0 Å². The molecular formula is C18H15BO2. The summed E-state index contributed by atoms with van der Waals surface area (Å²) >= 11 is 0. The number of benzene rings is 3. The largest absolute Gasteiger partial charge is 0.488 e. The van der Waals surface area contributed by atoms with Gasteiger partial charge in [-0.1, -0.05) is 54.6 Å². The molecule has 1 aliphatic carbocycles. The smallest absolute Gasteiger partial charge is 0.423 e. The second-order valence-electron chi connectivity index (χ2n) is 5.57. The number of hydrogen-bond donors (Lipinski definition) is 2. The molecular weight excluding hydrogens is 259 g/mol. The van der Waals surface area contributed by atoms with E-state index in [0.29, 0.717) is 5.46 Å². The Bertz CT molecular complexity index is 840. The molecule has 0 saturated carbocycles. The molecule has 102 valence electrons. The molecule has 3 aromatic rings. The lowest BCUT2D eigenvalue weighted by Crippen LogP contribution is -2.34. The molecule has 4 rings (SSSR count). The van der Waals surface area contributed by atoms with Crippen molar-refractivity contribution in [2.75, 3.05) is 0 Å². The van der Waals surface area contributed by atoms with E-state index in [1.807, 2.05) is 30.3 Å². The zero-order valence-electron chi connectivity index (χ0n) is 11.6. The SMILES string of the molecule is OB(O)c1cc2ccccc2c2c1CCc1ccccc1-2. The highest BCUT2D eigenvalue weighted by molar-refractivity contribution is 6.60. The molecule has 0 amide bonds. The average molecular weight is 274 g/mol. The number of hydrogen-bond acceptors (Lipinski definition) is 2. The summed E-state index contributed by atoms with van der Waals surface area (Å²) in [5.41, 5.74) is 5.43. The average Bonchev–Trinajstić information content (AvgIpc) is 2.53. The minimum Gasteiger partial charge on any atom is -0.423 e. The Morgan fingerprint density at radius 3 is 2.48 bits per heavy atom. The molecule has 0 spiro atoms. The van der Waals surface area contributed by atoms with E-state index in [2.05, 4.69) is 24.3 Å². The summed E-state index contributed by atoms with van der Waals surface area (Å²) in [5.74, 6) is 0. The van der Waals surface area contributed by atoms with Gasteiger partial charge in [0.15, 0.2) is 0 Å². The van der Waals surface area contributed by atoms with E-state index in [0.717, 1.165) is 29.4 Å². The van der Waals surface area contributed by atoms with Crippen LogP contribution in [0.1, 0.15) is 11.1 Å². The van der Waals surface area contributed by atoms with Crippen molar-refractivity contribution in [1.29, 1.82) is 0 Å². The summed E-state index contributed by atoms with van der Waals surface area (Å²) in [6, 6.07) is 18.5. The highest BCUT2D eigenvalue weighted by Gasteiger charge is 2.25. The maximum atomic E-state index is 9.74. The molecule has 0 heterocycles. The Kier molecular flexibility index (Phi) is 2.84. The molecule has 0 radical (unpaired) electrons. The monoisotopic (exact) mass is 274 g/mol. The van der Waals surface area contributed by atoms with Crippen LogP contribution in [0.2, 0.25) is 0 Å². The van der Waals surface area contributed by atoms with Crippen molar-refractivity contribution in [3.05, 3.63) is 65.7 Å². The minimum absolute atomic E-state index is 0.637. The normalized spacial score (nSPS) is 12.9. The molecule has 0 fully saturated rings. The van der Waals surface area contributed by atoms with Crippen molar-refractivity contribution in [2.45, 2.75) is 12.8 Å². The van der Waals surface area contributed by atoms with Crippen molar-refractivity contribution in [3.8, 4) is 11.1 Å². The number of aryl methyl sites for hydroxylation is 1. The van der Waals surface area contributed by atoms with Gasteiger partial charge in [0.2, 0.25) is 0 Å². The van der Waals surface area contributed by atoms with Crippen LogP contribution in [0, 0.1) is 0 Å². The lowest BCUT2D eigenvalue weighted by Gasteiger charge is -2.24. The van der Waals surface area contributed by atoms with Crippen LogP contribution < -0.4 is 5.46 Å². The fourth-order valence-electron chi connectivity index (χ4n) is 3.46. The standard InChI is InChI=1S/C18H15BO2/c20-19(21)17-11-13-6-2-4-8-15(13)18-14-7-3-1-5-12(14)9-10-16(17)18/h1-8,11,20-21H,9-10H2. The lowest BCUT2D eigenvalue weighted by molar-refractivity contribution is 0.425. The topological polar surface area (TPSA) is 40.5 Å². The molecule has 3 heteroatoms. The Morgan fingerprint density at radius 2 is 1.62 bits per heavy atom. The van der Waals surface area contributed by atoms with Gasteiger partial charge in [0.25, 0.3) is 0 Å². The third-order valence-electron chi connectivity index (χ3n) is 4.40. The predicted molar refractivity (Wildman–Crippen MR) is 86.6 cm³/mol. The molecule has 2 nitrogen and oxygen atoms in total. The van der Waals surface area contributed by atoms with E-state index in [4.69, 9.17) is 0 Å². The molecule has 3 aromatic carbocycles. The summed E-state index contributed by atoms with van der Waals surface area (Å²) in [4.78, 5) is 0. The van der Waals surface area contributed by atoms with Gasteiger partial charge in [0.1, 0.15) is 0 Å². The molecule has 0 unspecified atom stereocenters. The van der Waals surface area contributed by atoms with Gasteiger partial charge in [-0.25, -0.2) is 0 Å². The van der Waals surface area contributed by atoms with Crippen LogP contribution in [0.5, 0.6) is 0 Å². The first-order chi connectivity index (χ1) is 10.3. The van der Waals surface area contributed by atoms with Gasteiger partial charge in [-0.05, 0) is 51.3 Å². The first kappa shape index (κ1) is 12.6. The number of rotatable bonds is 1. The van der Waals surface area contributed by atoms with Crippen LogP contribution in [-0.2, 0) is 12.8 Å². The summed E-state index contributed by atoms with van der Waals surface area (Å²) in [7, 11) is -1.42. The van der Waals surface area contributed by atoms with E-state index in [1.54, 1.807) is 0 Å². The van der Waals surface area contributed by atoms with Crippen molar-refractivity contribution < 1.29 is 10.0 Å².